The number of benzene rings is 1. The van der Waals surface area contributed by atoms with Crippen molar-refractivity contribution < 1.29 is 9.53 Å². The lowest BCUT2D eigenvalue weighted by Gasteiger charge is -2.14. The van der Waals surface area contributed by atoms with Crippen LogP contribution in [-0.4, -0.2) is 27.1 Å². The number of rotatable bonds is 9. The number of para-hydroxylation sites is 1. The van der Waals surface area contributed by atoms with E-state index in [4.69, 9.17) is 4.74 Å². The molecule has 7 heteroatoms. The fourth-order valence-electron chi connectivity index (χ4n) is 3.47. The van der Waals surface area contributed by atoms with Crippen LogP contribution in [0.5, 0.6) is 5.75 Å². The molecular weight excluding hydrogens is 390 g/mol. The number of fused-ring (bicyclic) bond motifs is 1. The molecule has 0 aliphatic rings. The molecule has 0 bridgehead atoms. The van der Waals surface area contributed by atoms with E-state index in [-0.39, 0.29) is 5.91 Å². The fraction of sp³-hybridized carbons (Fsp3) is 0.417. The van der Waals surface area contributed by atoms with Gasteiger partial charge < -0.3 is 10.1 Å². The van der Waals surface area contributed by atoms with Crippen LogP contribution in [-0.2, 0) is 17.8 Å². The van der Waals surface area contributed by atoms with Crippen LogP contribution in [0.4, 0.5) is 0 Å². The van der Waals surface area contributed by atoms with E-state index >= 15 is 0 Å². The Morgan fingerprint density at radius 2 is 2.06 bits per heavy atom. The molecule has 3 aromatic rings. The van der Waals surface area contributed by atoms with E-state index in [9.17, 15) is 10.1 Å². The van der Waals surface area contributed by atoms with Crippen LogP contribution < -0.4 is 10.1 Å². The van der Waals surface area contributed by atoms with Gasteiger partial charge in [0.25, 0.3) is 0 Å². The maximum Gasteiger partial charge on any atom is 0.220 e. The average molecular weight is 420 g/mol. The Morgan fingerprint density at radius 3 is 2.81 bits per heavy atom. The number of carbonyl (C=O) groups excluding carboxylic acids is 1. The predicted octanol–water partition coefficient (Wildman–Crippen LogP) is 3.89. The molecule has 0 saturated heterocycles. The summed E-state index contributed by atoms with van der Waals surface area (Å²) in [6.45, 7) is 9.27. The summed E-state index contributed by atoms with van der Waals surface area (Å²) in [5.41, 5.74) is 4.67. The number of aromatic nitrogens is 3. The molecule has 3 rings (SSSR count). The van der Waals surface area contributed by atoms with E-state index < -0.39 is 0 Å². The largest absolute Gasteiger partial charge is 0.493 e. The highest BCUT2D eigenvalue weighted by Gasteiger charge is 2.15. The lowest BCUT2D eigenvalue weighted by Crippen LogP contribution is -2.24. The summed E-state index contributed by atoms with van der Waals surface area (Å²) in [5, 5.41) is 16.4. The maximum absolute atomic E-state index is 12.5. The molecule has 2 heterocycles. The number of nitrogens with zero attached hydrogens (tertiary/aromatic N) is 4. The average Bonchev–Trinajstić information content (AvgIpc) is 3.15. The van der Waals surface area contributed by atoms with E-state index in [0.29, 0.717) is 43.1 Å². The molecule has 0 aliphatic heterocycles. The van der Waals surface area contributed by atoms with Gasteiger partial charge in [0.2, 0.25) is 5.91 Å². The van der Waals surface area contributed by atoms with Gasteiger partial charge in [-0.3, -0.25) is 4.79 Å². The van der Waals surface area contributed by atoms with E-state index in [1.54, 1.807) is 4.52 Å². The number of amides is 1. The van der Waals surface area contributed by atoms with Crippen LogP contribution in [0.1, 0.15) is 54.8 Å². The third-order valence-corrected chi connectivity index (χ3v) is 5.33. The minimum atomic E-state index is -0.0333. The first-order chi connectivity index (χ1) is 14.9. The monoisotopic (exact) mass is 419 g/mol. The molecule has 0 saturated carbocycles. The number of aryl methyl sites for hydroxylation is 2. The first kappa shape index (κ1) is 22.3. The van der Waals surface area contributed by atoms with Crippen molar-refractivity contribution in [3.05, 3.63) is 58.5 Å². The molecule has 1 amide bonds. The smallest absolute Gasteiger partial charge is 0.220 e. The van der Waals surface area contributed by atoms with E-state index in [1.165, 1.54) is 6.20 Å². The van der Waals surface area contributed by atoms with Crippen molar-refractivity contribution in [3.63, 3.8) is 0 Å². The summed E-state index contributed by atoms with van der Waals surface area (Å²) in [6.07, 6.45) is 3.41. The highest BCUT2D eigenvalue weighted by Crippen LogP contribution is 2.20. The zero-order chi connectivity index (χ0) is 22.4. The molecule has 162 valence electrons. The second kappa shape index (κ2) is 10.1. The van der Waals surface area contributed by atoms with Crippen molar-refractivity contribution >= 4 is 11.6 Å². The van der Waals surface area contributed by atoms with Crippen molar-refractivity contribution in [3.8, 4) is 11.8 Å². The molecule has 2 aromatic heterocycles. The Bertz CT molecular complexity index is 1110. The van der Waals surface area contributed by atoms with E-state index in [0.717, 1.165) is 34.7 Å². The van der Waals surface area contributed by atoms with Crippen molar-refractivity contribution in [2.24, 2.45) is 5.92 Å². The van der Waals surface area contributed by atoms with E-state index in [2.05, 4.69) is 35.3 Å². The van der Waals surface area contributed by atoms with Crippen LogP contribution in [0.25, 0.3) is 5.65 Å². The molecule has 0 aliphatic carbocycles. The number of hydrogen-bond acceptors (Lipinski definition) is 5. The standard InChI is InChI=1S/C24H29N5O2/c1-16(2)11-12-31-22-8-6-5-7-19(22)14-26-23(30)10-9-21-17(3)28-24-20(13-25)15-27-29(24)18(21)4/h5-8,15-16H,9-12,14H2,1-4H3,(H,26,30). The van der Waals surface area contributed by atoms with Gasteiger partial charge >= 0.3 is 0 Å². The Labute approximate surface area is 183 Å². The predicted molar refractivity (Wildman–Crippen MR) is 119 cm³/mol. The van der Waals surface area contributed by atoms with Crippen LogP contribution in [0.2, 0.25) is 0 Å². The Hall–Kier alpha value is -3.40. The van der Waals surface area contributed by atoms with Crippen molar-refractivity contribution in [2.75, 3.05) is 6.61 Å². The first-order valence-electron chi connectivity index (χ1n) is 10.6. The number of carbonyl (C=O) groups is 1. The third kappa shape index (κ3) is 5.40. The first-order valence-corrected chi connectivity index (χ1v) is 10.6. The van der Waals surface area contributed by atoms with Crippen molar-refractivity contribution in [1.29, 1.82) is 5.26 Å². The van der Waals surface area contributed by atoms with Crippen molar-refractivity contribution in [1.82, 2.24) is 19.9 Å². The van der Waals surface area contributed by atoms with Gasteiger partial charge in [-0.1, -0.05) is 32.0 Å². The third-order valence-electron chi connectivity index (χ3n) is 5.33. The lowest BCUT2D eigenvalue weighted by molar-refractivity contribution is -0.121. The molecule has 1 aromatic carbocycles. The number of nitriles is 1. The molecule has 0 radical (unpaired) electrons. The fourth-order valence-corrected chi connectivity index (χ4v) is 3.47. The summed E-state index contributed by atoms with van der Waals surface area (Å²) in [7, 11) is 0. The molecule has 0 fully saturated rings. The van der Waals surface area contributed by atoms with Gasteiger partial charge in [-0.2, -0.15) is 10.4 Å². The second-order valence-electron chi connectivity index (χ2n) is 8.08. The van der Waals surface area contributed by atoms with Gasteiger partial charge in [-0.25, -0.2) is 9.50 Å². The van der Waals surface area contributed by atoms with Gasteiger partial charge in [0.1, 0.15) is 17.4 Å². The molecular formula is C24H29N5O2. The number of nitrogens with one attached hydrogen (secondary N) is 1. The molecule has 0 spiro atoms. The zero-order valence-corrected chi connectivity index (χ0v) is 18.6. The van der Waals surface area contributed by atoms with Gasteiger partial charge in [0.15, 0.2) is 5.65 Å². The summed E-state index contributed by atoms with van der Waals surface area (Å²) in [6, 6.07) is 9.91. The Kier molecular flexibility index (Phi) is 7.24. The summed E-state index contributed by atoms with van der Waals surface area (Å²) < 4.78 is 7.57. The van der Waals surface area contributed by atoms with Crippen LogP contribution in [0, 0.1) is 31.1 Å². The summed E-state index contributed by atoms with van der Waals surface area (Å²) in [4.78, 5) is 17.0. The second-order valence-corrected chi connectivity index (χ2v) is 8.08. The maximum atomic E-state index is 12.5. The van der Waals surface area contributed by atoms with Gasteiger partial charge in [0.05, 0.1) is 12.8 Å². The molecule has 7 nitrogen and oxygen atoms in total. The Morgan fingerprint density at radius 1 is 1.29 bits per heavy atom. The lowest BCUT2D eigenvalue weighted by atomic mass is 10.1. The SMILES string of the molecule is Cc1nc2c(C#N)cnn2c(C)c1CCC(=O)NCc1ccccc1OCCC(C)C. The highest BCUT2D eigenvalue weighted by molar-refractivity contribution is 5.76. The Balaban J connectivity index is 1.60. The summed E-state index contributed by atoms with van der Waals surface area (Å²) in [5.74, 6) is 1.37. The van der Waals surface area contributed by atoms with E-state index in [1.807, 2.05) is 38.1 Å². The molecule has 31 heavy (non-hydrogen) atoms. The quantitative estimate of drug-likeness (QED) is 0.568. The zero-order valence-electron chi connectivity index (χ0n) is 18.6. The minimum absolute atomic E-state index is 0.0333. The van der Waals surface area contributed by atoms with Gasteiger partial charge in [-0.05, 0) is 44.2 Å². The van der Waals surface area contributed by atoms with Crippen LogP contribution in [0.3, 0.4) is 0 Å². The normalized spacial score (nSPS) is 11.0. The summed E-state index contributed by atoms with van der Waals surface area (Å²) >= 11 is 0. The topological polar surface area (TPSA) is 92.3 Å². The number of hydrogen-bond donors (Lipinski definition) is 1. The van der Waals surface area contributed by atoms with Crippen molar-refractivity contribution in [2.45, 2.75) is 53.5 Å². The number of ether oxygens (including phenoxy) is 1. The minimum Gasteiger partial charge on any atom is -0.493 e. The van der Waals surface area contributed by atoms with Gasteiger partial charge in [0, 0.05) is 29.9 Å². The highest BCUT2D eigenvalue weighted by atomic mass is 16.5. The van der Waals surface area contributed by atoms with Gasteiger partial charge in [-0.15, -0.1) is 0 Å². The van der Waals surface area contributed by atoms with Crippen LogP contribution in [0.15, 0.2) is 30.5 Å². The molecule has 0 unspecified atom stereocenters. The molecule has 1 N–H and O–H groups in total. The molecule has 0 atom stereocenters. The van der Waals surface area contributed by atoms with Crippen LogP contribution >= 0.6 is 0 Å².